The molecule has 0 unspecified atom stereocenters. The number of benzene rings is 2. The van der Waals surface area contributed by atoms with Crippen LogP contribution in [0.15, 0.2) is 61.2 Å². The van der Waals surface area contributed by atoms with Gasteiger partial charge in [-0.3, -0.25) is 4.79 Å². The van der Waals surface area contributed by atoms with Crippen molar-refractivity contribution in [3.8, 4) is 5.69 Å². The molecule has 0 aliphatic carbocycles. The first-order chi connectivity index (χ1) is 11.4. The number of hydrogen-bond donors (Lipinski definition) is 1. The van der Waals surface area contributed by atoms with E-state index in [1.807, 2.05) is 0 Å². The molecule has 0 radical (unpaired) electrons. The summed E-state index contributed by atoms with van der Waals surface area (Å²) in [5.41, 5.74) is -0.311. The van der Waals surface area contributed by atoms with Crippen molar-refractivity contribution in [3.63, 3.8) is 0 Å². The molecule has 0 aliphatic heterocycles. The normalized spacial score (nSPS) is 11.3. The molecule has 5 nitrogen and oxygen atoms in total. The minimum atomic E-state index is -4.59. The van der Waals surface area contributed by atoms with Gasteiger partial charge in [0.1, 0.15) is 12.7 Å². The van der Waals surface area contributed by atoms with Crippen LogP contribution in [0, 0.1) is 0 Å². The van der Waals surface area contributed by atoms with Crippen molar-refractivity contribution in [3.05, 3.63) is 72.3 Å². The van der Waals surface area contributed by atoms with Crippen LogP contribution in [0.1, 0.15) is 15.9 Å². The van der Waals surface area contributed by atoms with Gasteiger partial charge in [0.15, 0.2) is 0 Å². The fourth-order valence-corrected chi connectivity index (χ4v) is 2.17. The summed E-state index contributed by atoms with van der Waals surface area (Å²) in [6.45, 7) is 0. The third-order valence-corrected chi connectivity index (χ3v) is 3.29. The highest BCUT2D eigenvalue weighted by Crippen LogP contribution is 2.32. The highest BCUT2D eigenvalue weighted by Gasteiger charge is 2.34. The maximum atomic E-state index is 13.0. The largest absolute Gasteiger partial charge is 0.417 e. The first-order valence-corrected chi connectivity index (χ1v) is 6.88. The van der Waals surface area contributed by atoms with Crippen LogP contribution in [0.5, 0.6) is 0 Å². The second-order valence-electron chi connectivity index (χ2n) is 4.88. The second kappa shape index (κ2) is 6.15. The SMILES string of the molecule is O=C(Nc1ccc(-n2cncn2)cc1)c1ccccc1C(F)(F)F. The first-order valence-electron chi connectivity index (χ1n) is 6.88. The molecule has 3 aromatic rings. The van der Waals surface area contributed by atoms with E-state index >= 15 is 0 Å². The minimum Gasteiger partial charge on any atom is -0.322 e. The van der Waals surface area contributed by atoms with E-state index in [-0.39, 0.29) is 0 Å². The van der Waals surface area contributed by atoms with E-state index in [9.17, 15) is 18.0 Å². The predicted octanol–water partition coefficient (Wildman–Crippen LogP) is 3.54. The number of carbonyl (C=O) groups excluding carboxylic acids is 1. The maximum absolute atomic E-state index is 13.0. The Balaban J connectivity index is 1.81. The van der Waals surface area contributed by atoms with Gasteiger partial charge in [0.2, 0.25) is 0 Å². The smallest absolute Gasteiger partial charge is 0.322 e. The van der Waals surface area contributed by atoms with E-state index < -0.39 is 23.2 Å². The summed E-state index contributed by atoms with van der Waals surface area (Å²) in [6, 6.07) is 11.1. The molecule has 1 aromatic heterocycles. The van der Waals surface area contributed by atoms with Gasteiger partial charge in [-0.1, -0.05) is 12.1 Å². The van der Waals surface area contributed by atoms with Crippen LogP contribution in [0.4, 0.5) is 18.9 Å². The van der Waals surface area contributed by atoms with Crippen LogP contribution >= 0.6 is 0 Å². The molecule has 1 heterocycles. The molecule has 0 aliphatic rings. The highest BCUT2D eigenvalue weighted by molar-refractivity contribution is 6.05. The molecule has 1 amide bonds. The minimum absolute atomic E-state index is 0.376. The van der Waals surface area contributed by atoms with Crippen molar-refractivity contribution in [1.29, 1.82) is 0 Å². The lowest BCUT2D eigenvalue weighted by molar-refractivity contribution is -0.137. The summed E-state index contributed by atoms with van der Waals surface area (Å²) in [5, 5.41) is 6.42. The van der Waals surface area contributed by atoms with Crippen molar-refractivity contribution in [1.82, 2.24) is 14.8 Å². The Morgan fingerprint density at radius 2 is 1.75 bits per heavy atom. The molecule has 0 saturated carbocycles. The standard InChI is InChI=1S/C16H11F3N4O/c17-16(18,19)14-4-2-1-3-13(14)15(24)22-11-5-7-12(8-6-11)23-10-20-9-21-23/h1-10H,(H,22,24). The van der Waals surface area contributed by atoms with Crippen molar-refractivity contribution in [2.45, 2.75) is 6.18 Å². The van der Waals surface area contributed by atoms with Crippen LogP contribution in [-0.2, 0) is 6.18 Å². The summed E-state index contributed by atoms with van der Waals surface area (Å²) >= 11 is 0. The Hall–Kier alpha value is -3.16. The summed E-state index contributed by atoms with van der Waals surface area (Å²) in [4.78, 5) is 16.0. The molecule has 3 rings (SSSR count). The van der Waals surface area contributed by atoms with Gasteiger partial charge in [0, 0.05) is 5.69 Å². The van der Waals surface area contributed by atoms with Crippen molar-refractivity contribution >= 4 is 11.6 Å². The maximum Gasteiger partial charge on any atom is 0.417 e. The molecule has 0 bridgehead atoms. The van der Waals surface area contributed by atoms with Gasteiger partial charge < -0.3 is 5.32 Å². The van der Waals surface area contributed by atoms with Gasteiger partial charge in [0.25, 0.3) is 5.91 Å². The number of amides is 1. The Morgan fingerprint density at radius 1 is 1.04 bits per heavy atom. The topological polar surface area (TPSA) is 59.8 Å². The van der Waals surface area contributed by atoms with E-state index in [0.29, 0.717) is 11.4 Å². The molecular formula is C16H11F3N4O. The molecule has 0 spiro atoms. The molecule has 122 valence electrons. The Bertz CT molecular complexity index is 843. The van der Waals surface area contributed by atoms with E-state index in [0.717, 1.165) is 12.1 Å². The zero-order valence-corrected chi connectivity index (χ0v) is 12.2. The van der Waals surface area contributed by atoms with Gasteiger partial charge in [-0.2, -0.15) is 18.3 Å². The van der Waals surface area contributed by atoms with Crippen LogP contribution in [-0.4, -0.2) is 20.7 Å². The molecule has 8 heteroatoms. The van der Waals surface area contributed by atoms with Crippen LogP contribution in [0.2, 0.25) is 0 Å². The van der Waals surface area contributed by atoms with Gasteiger partial charge in [-0.05, 0) is 36.4 Å². The van der Waals surface area contributed by atoms with Crippen molar-refractivity contribution in [2.24, 2.45) is 0 Å². The third-order valence-electron chi connectivity index (χ3n) is 3.29. The zero-order chi connectivity index (χ0) is 17.2. The van der Waals surface area contributed by atoms with Crippen LogP contribution < -0.4 is 5.32 Å². The lowest BCUT2D eigenvalue weighted by Gasteiger charge is -2.12. The molecule has 1 N–H and O–H groups in total. The number of rotatable bonds is 3. The Morgan fingerprint density at radius 3 is 2.38 bits per heavy atom. The molecule has 24 heavy (non-hydrogen) atoms. The van der Waals surface area contributed by atoms with E-state index in [4.69, 9.17) is 0 Å². The molecule has 0 saturated heterocycles. The molecular weight excluding hydrogens is 321 g/mol. The van der Waals surface area contributed by atoms with Crippen LogP contribution in [0.25, 0.3) is 5.69 Å². The highest BCUT2D eigenvalue weighted by atomic mass is 19.4. The second-order valence-corrected chi connectivity index (χ2v) is 4.88. The number of nitrogens with one attached hydrogen (secondary N) is 1. The monoisotopic (exact) mass is 332 g/mol. The lowest BCUT2D eigenvalue weighted by atomic mass is 10.1. The van der Waals surface area contributed by atoms with E-state index in [1.165, 1.54) is 29.5 Å². The summed E-state index contributed by atoms with van der Waals surface area (Å²) in [5.74, 6) is -0.823. The van der Waals surface area contributed by atoms with Gasteiger partial charge in [-0.25, -0.2) is 9.67 Å². The first kappa shape index (κ1) is 15.7. The number of alkyl halides is 3. The Kier molecular flexibility index (Phi) is 4.03. The number of halogens is 3. The molecule has 2 aromatic carbocycles. The average molecular weight is 332 g/mol. The molecule has 0 atom stereocenters. The Labute approximate surface area is 134 Å². The van der Waals surface area contributed by atoms with E-state index in [2.05, 4.69) is 15.4 Å². The number of hydrogen-bond acceptors (Lipinski definition) is 3. The number of nitrogens with zero attached hydrogens (tertiary/aromatic N) is 3. The third kappa shape index (κ3) is 3.27. The zero-order valence-electron chi connectivity index (χ0n) is 12.2. The predicted molar refractivity (Wildman–Crippen MR) is 80.8 cm³/mol. The quantitative estimate of drug-likeness (QED) is 0.798. The lowest BCUT2D eigenvalue weighted by Crippen LogP contribution is -2.18. The summed E-state index contributed by atoms with van der Waals surface area (Å²) in [6.07, 6.45) is -1.71. The van der Waals surface area contributed by atoms with E-state index in [1.54, 1.807) is 24.3 Å². The number of aromatic nitrogens is 3. The van der Waals surface area contributed by atoms with Crippen molar-refractivity contribution < 1.29 is 18.0 Å². The summed E-state index contributed by atoms with van der Waals surface area (Å²) < 4.78 is 40.4. The van der Waals surface area contributed by atoms with Gasteiger partial charge in [-0.15, -0.1) is 0 Å². The van der Waals surface area contributed by atoms with Crippen LogP contribution in [0.3, 0.4) is 0 Å². The number of carbonyl (C=O) groups is 1. The summed E-state index contributed by atoms with van der Waals surface area (Å²) in [7, 11) is 0. The number of anilines is 1. The molecule has 0 fully saturated rings. The average Bonchev–Trinajstić information content (AvgIpc) is 3.09. The van der Waals surface area contributed by atoms with Crippen molar-refractivity contribution in [2.75, 3.05) is 5.32 Å². The van der Waals surface area contributed by atoms with Gasteiger partial charge in [0.05, 0.1) is 16.8 Å². The fourth-order valence-electron chi connectivity index (χ4n) is 2.17. The fraction of sp³-hybridized carbons (Fsp3) is 0.0625. The van der Waals surface area contributed by atoms with Gasteiger partial charge >= 0.3 is 6.18 Å².